The molecule has 0 heterocycles. The number of hydrogen-bond acceptors (Lipinski definition) is 3. The topological polar surface area (TPSA) is 104 Å². The van der Waals surface area contributed by atoms with Gasteiger partial charge >= 0.3 is 12.0 Å². The van der Waals surface area contributed by atoms with Crippen LogP contribution < -0.4 is 16.4 Å². The Hall–Kier alpha value is -1.74. The Balaban J connectivity index is 3.90. The molecule has 0 aromatic carbocycles. The van der Waals surface area contributed by atoms with Gasteiger partial charge in [0.05, 0.1) is 0 Å². The lowest BCUT2D eigenvalue weighted by Gasteiger charge is -2.12. The Morgan fingerprint density at radius 2 is 2.20 bits per heavy atom. The van der Waals surface area contributed by atoms with E-state index in [-0.39, 0.29) is 6.42 Å². The average molecular weight is 213 g/mol. The van der Waals surface area contributed by atoms with Gasteiger partial charge in [0.15, 0.2) is 0 Å². The number of nitrogens with one attached hydrogen (secondary N) is 2. The Morgan fingerprint density at radius 1 is 1.53 bits per heavy atom. The van der Waals surface area contributed by atoms with Gasteiger partial charge in [-0.05, 0) is 13.0 Å². The molecule has 0 radical (unpaired) electrons. The molecule has 84 valence electrons. The average Bonchev–Trinajstić information content (AvgIpc) is 2.17. The van der Waals surface area contributed by atoms with Crippen LogP contribution in [0.5, 0.6) is 0 Å². The highest BCUT2D eigenvalue weighted by Gasteiger charge is 2.17. The zero-order valence-corrected chi connectivity index (χ0v) is 8.32. The highest BCUT2D eigenvalue weighted by Crippen LogP contribution is 1.90. The minimum Gasteiger partial charge on any atom is -0.480 e. The summed E-state index contributed by atoms with van der Waals surface area (Å²) in [5, 5.41) is 13.4. The molecule has 0 bridgehead atoms. The Labute approximate surface area is 88.2 Å². The molecule has 0 spiro atoms. The third-order valence-electron chi connectivity index (χ3n) is 1.59. The summed E-state index contributed by atoms with van der Waals surface area (Å²) in [5.41, 5.74) is 5.22. The molecule has 0 saturated carbocycles. The van der Waals surface area contributed by atoms with Crippen LogP contribution in [0.3, 0.4) is 0 Å². The Kier molecular flexibility index (Phi) is 6.76. The van der Waals surface area contributed by atoms with Gasteiger partial charge < -0.3 is 21.5 Å². The molecule has 0 aromatic heterocycles. The Morgan fingerprint density at radius 3 is 2.67 bits per heavy atom. The first-order valence-corrected chi connectivity index (χ1v) is 4.52. The second-order valence-corrected chi connectivity index (χ2v) is 2.84. The van der Waals surface area contributed by atoms with Gasteiger partial charge in [-0.2, -0.15) is 0 Å². The first kappa shape index (κ1) is 13.3. The van der Waals surface area contributed by atoms with Crippen molar-refractivity contribution in [3.05, 3.63) is 0 Å². The van der Waals surface area contributed by atoms with E-state index < -0.39 is 18.0 Å². The van der Waals surface area contributed by atoms with Crippen LogP contribution >= 0.6 is 0 Å². The smallest absolute Gasteiger partial charge is 0.327 e. The normalized spacial score (nSPS) is 11.2. The molecule has 6 heteroatoms. The summed E-state index contributed by atoms with van der Waals surface area (Å²) < 4.78 is 0. The molecule has 0 rings (SSSR count). The van der Waals surface area contributed by atoms with Crippen molar-refractivity contribution >= 4 is 12.0 Å². The van der Waals surface area contributed by atoms with Crippen LogP contribution in [0.15, 0.2) is 0 Å². The number of hydrogen-bond donors (Lipinski definition) is 4. The predicted octanol–water partition coefficient (Wildman–Crippen LogP) is -0.889. The summed E-state index contributed by atoms with van der Waals surface area (Å²) in [6.45, 7) is 0.873. The van der Waals surface area contributed by atoms with E-state index in [2.05, 4.69) is 16.6 Å². The zero-order chi connectivity index (χ0) is 11.7. The van der Waals surface area contributed by atoms with Gasteiger partial charge in [0.1, 0.15) is 6.04 Å². The number of carbonyl (C=O) groups is 2. The second kappa shape index (κ2) is 7.64. The van der Waals surface area contributed by atoms with Crippen LogP contribution in [0, 0.1) is 12.3 Å². The van der Waals surface area contributed by atoms with Gasteiger partial charge in [0.2, 0.25) is 0 Å². The van der Waals surface area contributed by atoms with Gasteiger partial charge in [-0.25, -0.2) is 9.59 Å². The van der Waals surface area contributed by atoms with Crippen molar-refractivity contribution < 1.29 is 14.7 Å². The summed E-state index contributed by atoms with van der Waals surface area (Å²) in [6, 6.07) is -1.60. The maximum absolute atomic E-state index is 11.1. The van der Waals surface area contributed by atoms with Gasteiger partial charge in [0.25, 0.3) is 0 Å². The maximum atomic E-state index is 11.1. The molecular weight excluding hydrogens is 198 g/mol. The number of carboxylic acid groups (broad SMARTS) is 1. The van der Waals surface area contributed by atoms with E-state index in [1.165, 1.54) is 0 Å². The van der Waals surface area contributed by atoms with Gasteiger partial charge in [0, 0.05) is 13.0 Å². The quantitative estimate of drug-likeness (QED) is 0.339. The molecule has 1 atom stereocenters. The second-order valence-electron chi connectivity index (χ2n) is 2.84. The van der Waals surface area contributed by atoms with Gasteiger partial charge in [-0.3, -0.25) is 0 Å². The summed E-state index contributed by atoms with van der Waals surface area (Å²) >= 11 is 0. The first-order chi connectivity index (χ1) is 7.11. The van der Waals surface area contributed by atoms with E-state index in [4.69, 9.17) is 17.3 Å². The van der Waals surface area contributed by atoms with E-state index in [0.29, 0.717) is 19.5 Å². The van der Waals surface area contributed by atoms with Crippen molar-refractivity contribution in [2.24, 2.45) is 5.73 Å². The number of rotatable bonds is 6. The standard InChI is InChI=1S/C9H15N3O3/c1-2-4-7(8(13)14)12-9(15)11-6-3-5-10/h1,7H,3-6,10H2,(H,13,14)(H2,11,12,15). The number of nitrogens with two attached hydrogens (primary N) is 1. The number of amides is 2. The molecule has 0 aliphatic carbocycles. The van der Waals surface area contributed by atoms with Gasteiger partial charge in [-0.1, -0.05) is 0 Å². The highest BCUT2D eigenvalue weighted by atomic mass is 16.4. The fourth-order valence-electron chi connectivity index (χ4n) is 0.831. The summed E-state index contributed by atoms with van der Waals surface area (Å²) in [4.78, 5) is 21.7. The predicted molar refractivity (Wildman–Crippen MR) is 55.1 cm³/mol. The van der Waals surface area contributed by atoms with Crippen molar-refractivity contribution in [1.29, 1.82) is 0 Å². The van der Waals surface area contributed by atoms with Crippen molar-refractivity contribution in [3.8, 4) is 12.3 Å². The molecule has 0 aliphatic rings. The molecule has 6 nitrogen and oxygen atoms in total. The van der Waals surface area contributed by atoms with Crippen molar-refractivity contribution in [2.75, 3.05) is 13.1 Å². The number of urea groups is 1. The van der Waals surface area contributed by atoms with Crippen molar-refractivity contribution in [2.45, 2.75) is 18.9 Å². The van der Waals surface area contributed by atoms with Crippen LogP contribution in [0.1, 0.15) is 12.8 Å². The van der Waals surface area contributed by atoms with Crippen LogP contribution in [0.2, 0.25) is 0 Å². The molecule has 5 N–H and O–H groups in total. The number of carboxylic acids is 1. The minimum absolute atomic E-state index is 0.0420. The molecule has 0 aromatic rings. The highest BCUT2D eigenvalue weighted by molar-refractivity contribution is 5.82. The lowest BCUT2D eigenvalue weighted by Crippen LogP contribution is -2.46. The summed E-state index contributed by atoms with van der Waals surface area (Å²) in [5.74, 6) is 1.03. The molecule has 15 heavy (non-hydrogen) atoms. The third kappa shape index (κ3) is 6.35. The van der Waals surface area contributed by atoms with Crippen molar-refractivity contribution in [1.82, 2.24) is 10.6 Å². The number of terminal acetylenes is 1. The Bertz CT molecular complexity index is 260. The SMILES string of the molecule is C#CCC(NC(=O)NCCCN)C(=O)O. The molecule has 0 saturated heterocycles. The fraction of sp³-hybridized carbons (Fsp3) is 0.556. The van der Waals surface area contributed by atoms with E-state index in [1.807, 2.05) is 0 Å². The largest absolute Gasteiger partial charge is 0.480 e. The van der Waals surface area contributed by atoms with E-state index in [0.717, 1.165) is 0 Å². The monoisotopic (exact) mass is 213 g/mol. The molecule has 2 amide bonds. The van der Waals surface area contributed by atoms with Crippen LogP contribution in [-0.2, 0) is 4.79 Å². The summed E-state index contributed by atoms with van der Waals surface area (Å²) in [6.07, 6.45) is 5.56. The van der Waals surface area contributed by atoms with Crippen LogP contribution in [0.25, 0.3) is 0 Å². The van der Waals surface area contributed by atoms with E-state index in [1.54, 1.807) is 0 Å². The lowest BCUT2D eigenvalue weighted by molar-refractivity contribution is -0.139. The fourth-order valence-corrected chi connectivity index (χ4v) is 0.831. The van der Waals surface area contributed by atoms with Crippen molar-refractivity contribution in [3.63, 3.8) is 0 Å². The molecule has 0 aliphatic heterocycles. The number of aliphatic carboxylic acids is 1. The number of carbonyl (C=O) groups excluding carboxylic acids is 1. The molecule has 1 unspecified atom stereocenters. The van der Waals surface area contributed by atoms with E-state index in [9.17, 15) is 9.59 Å². The van der Waals surface area contributed by atoms with Crippen LogP contribution in [0.4, 0.5) is 4.79 Å². The maximum Gasteiger partial charge on any atom is 0.327 e. The van der Waals surface area contributed by atoms with E-state index >= 15 is 0 Å². The first-order valence-electron chi connectivity index (χ1n) is 4.52. The lowest BCUT2D eigenvalue weighted by atomic mass is 10.2. The third-order valence-corrected chi connectivity index (χ3v) is 1.59. The summed E-state index contributed by atoms with van der Waals surface area (Å²) in [7, 11) is 0. The zero-order valence-electron chi connectivity index (χ0n) is 8.32. The van der Waals surface area contributed by atoms with Gasteiger partial charge in [-0.15, -0.1) is 12.3 Å². The molecular formula is C9H15N3O3. The molecule has 0 fully saturated rings. The van der Waals surface area contributed by atoms with Crippen LogP contribution in [-0.4, -0.2) is 36.2 Å². The minimum atomic E-state index is -1.15.